The summed E-state index contributed by atoms with van der Waals surface area (Å²) >= 11 is 0. The van der Waals surface area contributed by atoms with Gasteiger partial charge in [-0.1, -0.05) is 30.7 Å². The summed E-state index contributed by atoms with van der Waals surface area (Å²) in [6.07, 6.45) is 4.49. The van der Waals surface area contributed by atoms with Crippen molar-refractivity contribution in [1.29, 1.82) is 0 Å². The van der Waals surface area contributed by atoms with Crippen LogP contribution in [-0.4, -0.2) is 27.9 Å². The van der Waals surface area contributed by atoms with Crippen molar-refractivity contribution in [1.82, 2.24) is 15.0 Å². The fraction of sp³-hybridized carbons (Fsp3) is 0.471. The number of hydrogen-bond acceptors (Lipinski definition) is 4. The Balaban J connectivity index is 1.77. The first-order chi connectivity index (χ1) is 10.7. The van der Waals surface area contributed by atoms with Crippen LogP contribution in [0.15, 0.2) is 24.3 Å². The molecule has 0 aliphatic heterocycles. The average Bonchev–Trinajstić information content (AvgIpc) is 2.90. The van der Waals surface area contributed by atoms with Gasteiger partial charge in [-0.05, 0) is 43.9 Å². The lowest BCUT2D eigenvalue weighted by molar-refractivity contribution is 0.111. The third-order valence-electron chi connectivity index (χ3n) is 3.49. The van der Waals surface area contributed by atoms with Gasteiger partial charge >= 0.3 is 0 Å². The van der Waals surface area contributed by atoms with E-state index in [9.17, 15) is 4.79 Å². The molecule has 1 aromatic carbocycles. The first-order valence-corrected chi connectivity index (χ1v) is 7.81. The van der Waals surface area contributed by atoms with Crippen molar-refractivity contribution in [3.05, 3.63) is 41.2 Å². The van der Waals surface area contributed by atoms with Crippen molar-refractivity contribution < 1.29 is 9.53 Å². The molecular formula is C17H23N3O2. The normalized spacial score (nSPS) is 10.6. The molecule has 0 spiro atoms. The Morgan fingerprint density at radius 1 is 1.32 bits per heavy atom. The van der Waals surface area contributed by atoms with Crippen LogP contribution in [0.25, 0.3) is 0 Å². The van der Waals surface area contributed by atoms with Crippen LogP contribution in [0.1, 0.15) is 47.9 Å². The van der Waals surface area contributed by atoms with Gasteiger partial charge in [-0.3, -0.25) is 4.79 Å². The second-order valence-electron chi connectivity index (χ2n) is 5.38. The number of benzene rings is 1. The second-order valence-corrected chi connectivity index (χ2v) is 5.38. The first kappa shape index (κ1) is 16.2. The van der Waals surface area contributed by atoms with Crippen LogP contribution < -0.4 is 4.74 Å². The minimum atomic E-state index is 0.470. The molecule has 0 atom stereocenters. The maximum Gasteiger partial charge on any atom is 0.172 e. The van der Waals surface area contributed by atoms with E-state index in [1.807, 2.05) is 22.9 Å². The number of aryl methyl sites for hydroxylation is 2. The van der Waals surface area contributed by atoms with Crippen molar-refractivity contribution in [2.45, 2.75) is 46.1 Å². The largest absolute Gasteiger partial charge is 0.494 e. The van der Waals surface area contributed by atoms with Gasteiger partial charge in [-0.15, -0.1) is 5.10 Å². The van der Waals surface area contributed by atoms with E-state index in [4.69, 9.17) is 4.74 Å². The van der Waals surface area contributed by atoms with Crippen molar-refractivity contribution in [3.63, 3.8) is 0 Å². The Hall–Kier alpha value is -2.17. The molecule has 2 rings (SSSR count). The predicted molar refractivity (Wildman–Crippen MR) is 85.3 cm³/mol. The number of carbonyl (C=O) groups is 1. The van der Waals surface area contributed by atoms with Crippen molar-refractivity contribution in [2.24, 2.45) is 0 Å². The predicted octanol–water partition coefficient (Wildman–Crippen LogP) is 3.21. The Bertz CT molecular complexity index is 608. The van der Waals surface area contributed by atoms with Gasteiger partial charge in [0.05, 0.1) is 12.3 Å². The number of aldehydes is 1. The minimum Gasteiger partial charge on any atom is -0.494 e. The van der Waals surface area contributed by atoms with Gasteiger partial charge in [0.1, 0.15) is 11.4 Å². The molecule has 1 heterocycles. The van der Waals surface area contributed by atoms with Crippen LogP contribution >= 0.6 is 0 Å². The lowest BCUT2D eigenvalue weighted by Gasteiger charge is -2.08. The molecule has 22 heavy (non-hydrogen) atoms. The molecule has 5 nitrogen and oxygen atoms in total. The van der Waals surface area contributed by atoms with Gasteiger partial charge in [0.2, 0.25) is 0 Å². The highest BCUT2D eigenvalue weighted by Gasteiger charge is 2.10. The molecule has 0 saturated carbocycles. The molecule has 5 heteroatoms. The van der Waals surface area contributed by atoms with Crippen LogP contribution in [0.5, 0.6) is 5.75 Å². The van der Waals surface area contributed by atoms with Crippen LogP contribution in [0.2, 0.25) is 0 Å². The van der Waals surface area contributed by atoms with E-state index >= 15 is 0 Å². The second kappa shape index (κ2) is 8.32. The van der Waals surface area contributed by atoms with E-state index in [1.165, 1.54) is 5.56 Å². The number of carbonyl (C=O) groups excluding carboxylic acids is 1. The highest BCUT2D eigenvalue weighted by atomic mass is 16.5. The molecule has 0 radical (unpaired) electrons. The van der Waals surface area contributed by atoms with E-state index in [2.05, 4.69) is 30.2 Å². The van der Waals surface area contributed by atoms with E-state index in [0.29, 0.717) is 12.3 Å². The van der Waals surface area contributed by atoms with Crippen LogP contribution in [-0.2, 0) is 13.0 Å². The summed E-state index contributed by atoms with van der Waals surface area (Å²) in [6, 6.07) is 8.06. The SMILES string of the molecule is CCCc1c(C=O)nnn1CCCCOc1cccc(C)c1. The monoisotopic (exact) mass is 301 g/mol. The standard InChI is InChI=1S/C17H23N3O2/c1-3-7-17-16(13-21)18-19-20(17)10-4-5-11-22-15-9-6-8-14(2)12-15/h6,8-9,12-13H,3-5,7,10-11H2,1-2H3. The van der Waals surface area contributed by atoms with E-state index < -0.39 is 0 Å². The maximum atomic E-state index is 10.9. The lowest BCUT2D eigenvalue weighted by Crippen LogP contribution is -2.08. The third kappa shape index (κ3) is 4.41. The number of rotatable bonds is 9. The topological polar surface area (TPSA) is 57.0 Å². The number of unbranched alkanes of at least 4 members (excludes halogenated alkanes) is 1. The maximum absolute atomic E-state index is 10.9. The summed E-state index contributed by atoms with van der Waals surface area (Å²) in [4.78, 5) is 10.9. The molecule has 0 N–H and O–H groups in total. The number of nitrogens with zero attached hydrogens (tertiary/aromatic N) is 3. The summed E-state index contributed by atoms with van der Waals surface area (Å²) in [6.45, 7) is 5.59. The molecule has 0 bridgehead atoms. The van der Waals surface area contributed by atoms with Gasteiger partial charge in [0.25, 0.3) is 0 Å². The first-order valence-electron chi connectivity index (χ1n) is 7.81. The van der Waals surface area contributed by atoms with Crippen molar-refractivity contribution in [2.75, 3.05) is 6.61 Å². The molecule has 118 valence electrons. The highest BCUT2D eigenvalue weighted by molar-refractivity contribution is 5.73. The third-order valence-corrected chi connectivity index (χ3v) is 3.49. The van der Waals surface area contributed by atoms with Gasteiger partial charge in [-0.2, -0.15) is 0 Å². The van der Waals surface area contributed by atoms with Crippen LogP contribution in [0, 0.1) is 6.92 Å². The molecule has 1 aromatic heterocycles. The Kier molecular flexibility index (Phi) is 6.13. The average molecular weight is 301 g/mol. The fourth-order valence-electron chi connectivity index (χ4n) is 2.37. The van der Waals surface area contributed by atoms with Crippen molar-refractivity contribution in [3.8, 4) is 5.75 Å². The lowest BCUT2D eigenvalue weighted by atomic mass is 10.2. The quantitative estimate of drug-likeness (QED) is 0.527. The summed E-state index contributed by atoms with van der Waals surface area (Å²) in [5.41, 5.74) is 2.61. The van der Waals surface area contributed by atoms with Gasteiger partial charge in [0.15, 0.2) is 6.29 Å². The van der Waals surface area contributed by atoms with Crippen LogP contribution in [0.4, 0.5) is 0 Å². The Labute approximate surface area is 131 Å². The Morgan fingerprint density at radius 2 is 2.18 bits per heavy atom. The highest BCUT2D eigenvalue weighted by Crippen LogP contribution is 2.13. The molecular weight excluding hydrogens is 278 g/mol. The number of hydrogen-bond donors (Lipinski definition) is 0. The van der Waals surface area contributed by atoms with Gasteiger partial charge < -0.3 is 4.74 Å². The van der Waals surface area contributed by atoms with E-state index in [0.717, 1.165) is 50.0 Å². The molecule has 0 aliphatic carbocycles. The summed E-state index contributed by atoms with van der Waals surface area (Å²) < 4.78 is 7.57. The molecule has 2 aromatic rings. The summed E-state index contributed by atoms with van der Waals surface area (Å²) in [7, 11) is 0. The van der Waals surface area contributed by atoms with Crippen molar-refractivity contribution >= 4 is 6.29 Å². The fourth-order valence-corrected chi connectivity index (χ4v) is 2.37. The van der Waals surface area contributed by atoms with E-state index in [-0.39, 0.29) is 0 Å². The molecule has 0 unspecified atom stereocenters. The summed E-state index contributed by atoms with van der Waals surface area (Å²) in [5.74, 6) is 0.913. The zero-order valence-corrected chi connectivity index (χ0v) is 13.3. The Morgan fingerprint density at radius 3 is 2.91 bits per heavy atom. The zero-order valence-electron chi connectivity index (χ0n) is 13.3. The van der Waals surface area contributed by atoms with Crippen LogP contribution in [0.3, 0.4) is 0 Å². The molecule has 0 saturated heterocycles. The number of aromatic nitrogens is 3. The minimum absolute atomic E-state index is 0.470. The molecule has 0 amide bonds. The molecule has 0 aliphatic rings. The zero-order chi connectivity index (χ0) is 15.8. The van der Waals surface area contributed by atoms with Gasteiger partial charge in [-0.25, -0.2) is 4.68 Å². The summed E-state index contributed by atoms with van der Waals surface area (Å²) in [5, 5.41) is 7.99. The molecule has 0 fully saturated rings. The smallest absolute Gasteiger partial charge is 0.172 e. The number of ether oxygens (including phenoxy) is 1. The van der Waals surface area contributed by atoms with E-state index in [1.54, 1.807) is 0 Å². The van der Waals surface area contributed by atoms with Gasteiger partial charge in [0, 0.05) is 6.54 Å².